The maximum absolute atomic E-state index is 12.7. The number of amides is 1. The average Bonchev–Trinajstić information content (AvgIpc) is 2.74. The van der Waals surface area contributed by atoms with E-state index in [1.54, 1.807) is 0 Å². The summed E-state index contributed by atoms with van der Waals surface area (Å²) in [6, 6.07) is 5.64. The predicted molar refractivity (Wildman–Crippen MR) is 122 cm³/mol. The van der Waals surface area contributed by atoms with Gasteiger partial charge in [0.15, 0.2) is 0 Å². The molecule has 0 radical (unpaired) electrons. The standard InChI is InChI=1S/C22H26ClN5O4/c1-12-16-8-13(22(16,2)3)9-17(12)26-18-10-24-27(21(30)20(18)23)11-19(29)25-14-4-6-15(7-5-14)28(31)32/h4-7,10,12-13,16-17,26H,8-9,11H2,1-3H3,(H,25,29)/t12-,13+,16-,17-/m1/s1. The lowest BCUT2D eigenvalue weighted by Crippen LogP contribution is -2.58. The summed E-state index contributed by atoms with van der Waals surface area (Å²) < 4.78 is 0.999. The Balaban J connectivity index is 1.41. The van der Waals surface area contributed by atoms with E-state index in [2.05, 4.69) is 36.5 Å². The van der Waals surface area contributed by atoms with Crippen molar-refractivity contribution in [3.8, 4) is 0 Å². The second-order valence-corrected chi connectivity index (χ2v) is 9.77. The van der Waals surface area contributed by atoms with E-state index in [0.29, 0.717) is 34.5 Å². The van der Waals surface area contributed by atoms with Crippen LogP contribution in [0.25, 0.3) is 0 Å². The van der Waals surface area contributed by atoms with Gasteiger partial charge in [-0.1, -0.05) is 32.4 Å². The van der Waals surface area contributed by atoms with E-state index in [-0.39, 0.29) is 23.3 Å². The molecular weight excluding hydrogens is 434 g/mol. The summed E-state index contributed by atoms with van der Waals surface area (Å²) in [7, 11) is 0. The zero-order chi connectivity index (χ0) is 23.2. The van der Waals surface area contributed by atoms with Crippen LogP contribution in [0.3, 0.4) is 0 Å². The highest BCUT2D eigenvalue weighted by Crippen LogP contribution is 2.61. The van der Waals surface area contributed by atoms with Crippen LogP contribution in [0.4, 0.5) is 17.1 Å². The van der Waals surface area contributed by atoms with Crippen LogP contribution < -0.4 is 16.2 Å². The van der Waals surface area contributed by atoms with Gasteiger partial charge in [0.2, 0.25) is 5.91 Å². The minimum absolute atomic E-state index is 0.00819. The third kappa shape index (κ3) is 3.97. The molecule has 3 aliphatic rings. The molecule has 1 aromatic carbocycles. The second kappa shape index (κ2) is 8.20. The number of benzene rings is 1. The van der Waals surface area contributed by atoms with E-state index in [1.807, 2.05) is 0 Å². The number of carbonyl (C=O) groups is 1. The van der Waals surface area contributed by atoms with Gasteiger partial charge in [0.1, 0.15) is 11.6 Å². The Bertz CT molecular complexity index is 1110. The van der Waals surface area contributed by atoms with Gasteiger partial charge in [-0.2, -0.15) is 5.10 Å². The van der Waals surface area contributed by atoms with Crippen molar-refractivity contribution in [2.45, 2.75) is 46.2 Å². The lowest BCUT2D eigenvalue weighted by molar-refractivity contribution is -0.384. The normalized spacial score (nSPS) is 25.5. The largest absolute Gasteiger partial charge is 0.379 e. The van der Waals surface area contributed by atoms with Crippen LogP contribution in [0.5, 0.6) is 0 Å². The SMILES string of the molecule is C[C@@H]1[C@H]2C[C@@H](C[C@H]1Nc1cnn(CC(=O)Nc3ccc([N+](=O)[O-])cc3)c(=O)c1Cl)C2(C)C. The minimum atomic E-state index is -0.551. The van der Waals surface area contributed by atoms with Crippen LogP contribution in [0.15, 0.2) is 35.3 Å². The molecule has 0 unspecified atom stereocenters. The summed E-state index contributed by atoms with van der Waals surface area (Å²) in [4.78, 5) is 35.2. The van der Waals surface area contributed by atoms with Gasteiger partial charge in [0, 0.05) is 23.9 Å². The number of aromatic nitrogens is 2. The van der Waals surface area contributed by atoms with Crippen molar-refractivity contribution in [1.29, 1.82) is 0 Å². The third-order valence-electron chi connectivity index (χ3n) is 7.34. The highest BCUT2D eigenvalue weighted by Gasteiger charge is 2.56. The van der Waals surface area contributed by atoms with Crippen molar-refractivity contribution in [3.63, 3.8) is 0 Å². The van der Waals surface area contributed by atoms with Crippen LogP contribution in [0.2, 0.25) is 5.02 Å². The fourth-order valence-corrected chi connectivity index (χ4v) is 5.42. The van der Waals surface area contributed by atoms with Crippen LogP contribution >= 0.6 is 11.6 Å². The number of nitro benzene ring substituents is 1. The molecule has 3 saturated carbocycles. The van der Waals surface area contributed by atoms with Crippen molar-refractivity contribution in [1.82, 2.24) is 9.78 Å². The Labute approximate surface area is 190 Å². The Hall–Kier alpha value is -2.94. The fraction of sp³-hybridized carbons (Fsp3) is 0.500. The number of hydrogen-bond donors (Lipinski definition) is 2. The summed E-state index contributed by atoms with van der Waals surface area (Å²) >= 11 is 6.33. The average molecular weight is 460 g/mol. The molecule has 4 atom stereocenters. The Morgan fingerprint density at radius 1 is 1.31 bits per heavy atom. The molecule has 5 rings (SSSR count). The molecule has 0 spiro atoms. The zero-order valence-corrected chi connectivity index (χ0v) is 18.9. The number of halogens is 1. The molecule has 3 fully saturated rings. The van der Waals surface area contributed by atoms with Gasteiger partial charge in [-0.15, -0.1) is 0 Å². The first-order chi connectivity index (χ1) is 15.1. The van der Waals surface area contributed by atoms with Crippen LogP contribution in [0.1, 0.15) is 33.6 Å². The van der Waals surface area contributed by atoms with Gasteiger partial charge < -0.3 is 10.6 Å². The van der Waals surface area contributed by atoms with Gasteiger partial charge in [-0.05, 0) is 48.1 Å². The smallest absolute Gasteiger partial charge is 0.288 e. The van der Waals surface area contributed by atoms with Crippen molar-refractivity contribution in [3.05, 3.63) is 56.0 Å². The lowest BCUT2D eigenvalue weighted by atomic mass is 9.45. The first-order valence-electron chi connectivity index (χ1n) is 10.6. The molecule has 0 saturated heterocycles. The number of nitrogens with one attached hydrogen (secondary N) is 2. The number of carbonyl (C=O) groups excluding carboxylic acids is 1. The Kier molecular flexibility index (Phi) is 5.70. The predicted octanol–water partition coefficient (Wildman–Crippen LogP) is 3.93. The molecular formula is C22H26ClN5O4. The maximum Gasteiger partial charge on any atom is 0.288 e. The highest BCUT2D eigenvalue weighted by molar-refractivity contribution is 6.32. The summed E-state index contributed by atoms with van der Waals surface area (Å²) in [6.45, 7) is 6.57. The molecule has 32 heavy (non-hydrogen) atoms. The Morgan fingerprint density at radius 3 is 2.59 bits per heavy atom. The third-order valence-corrected chi connectivity index (χ3v) is 7.70. The molecule has 0 aliphatic heterocycles. The van der Waals surface area contributed by atoms with E-state index in [0.717, 1.165) is 11.1 Å². The summed E-state index contributed by atoms with van der Waals surface area (Å²) in [5.74, 6) is 1.28. The zero-order valence-electron chi connectivity index (χ0n) is 18.2. The summed E-state index contributed by atoms with van der Waals surface area (Å²) in [5.41, 5.74) is 0.596. The van der Waals surface area contributed by atoms with Gasteiger partial charge in [0.25, 0.3) is 11.2 Å². The molecule has 170 valence electrons. The number of non-ortho nitro benzene ring substituents is 1. The first-order valence-corrected chi connectivity index (χ1v) is 11.0. The molecule has 1 aromatic heterocycles. The minimum Gasteiger partial charge on any atom is -0.379 e. The molecule has 1 amide bonds. The van der Waals surface area contributed by atoms with E-state index < -0.39 is 16.4 Å². The van der Waals surface area contributed by atoms with Crippen molar-refractivity contribution < 1.29 is 9.72 Å². The van der Waals surface area contributed by atoms with E-state index >= 15 is 0 Å². The molecule has 2 aromatic rings. The lowest BCUT2D eigenvalue weighted by Gasteiger charge is -2.62. The summed E-state index contributed by atoms with van der Waals surface area (Å²) in [5, 5.41) is 20.8. The van der Waals surface area contributed by atoms with Gasteiger partial charge in [0.05, 0.1) is 16.8 Å². The highest BCUT2D eigenvalue weighted by atomic mass is 35.5. The van der Waals surface area contributed by atoms with E-state index in [1.165, 1.54) is 36.9 Å². The quantitative estimate of drug-likeness (QED) is 0.499. The Morgan fingerprint density at radius 2 is 2.00 bits per heavy atom. The number of nitrogens with zero attached hydrogens (tertiary/aromatic N) is 3. The maximum atomic E-state index is 12.7. The first kappa shape index (κ1) is 22.3. The molecule has 2 bridgehead atoms. The van der Waals surface area contributed by atoms with Crippen molar-refractivity contribution >= 4 is 34.6 Å². The van der Waals surface area contributed by atoms with Crippen molar-refractivity contribution in [2.24, 2.45) is 23.2 Å². The number of nitro groups is 1. The number of rotatable bonds is 6. The molecule has 10 heteroatoms. The van der Waals surface area contributed by atoms with Crippen LogP contribution in [-0.2, 0) is 11.3 Å². The molecule has 9 nitrogen and oxygen atoms in total. The molecule has 2 N–H and O–H groups in total. The topological polar surface area (TPSA) is 119 Å². The number of anilines is 2. The van der Waals surface area contributed by atoms with E-state index in [4.69, 9.17) is 11.6 Å². The van der Waals surface area contributed by atoms with Gasteiger partial charge >= 0.3 is 0 Å². The van der Waals surface area contributed by atoms with Crippen LogP contribution in [-0.4, -0.2) is 26.7 Å². The fourth-order valence-electron chi connectivity index (χ4n) is 5.22. The van der Waals surface area contributed by atoms with Crippen molar-refractivity contribution in [2.75, 3.05) is 10.6 Å². The number of fused-ring (bicyclic) bond motifs is 2. The summed E-state index contributed by atoms with van der Waals surface area (Å²) in [6.07, 6.45) is 3.77. The van der Waals surface area contributed by atoms with Gasteiger partial charge in [-0.25, -0.2) is 4.68 Å². The van der Waals surface area contributed by atoms with Gasteiger partial charge in [-0.3, -0.25) is 19.7 Å². The number of hydrogen-bond acceptors (Lipinski definition) is 6. The molecule has 3 aliphatic carbocycles. The second-order valence-electron chi connectivity index (χ2n) is 9.39. The van der Waals surface area contributed by atoms with Crippen LogP contribution in [0, 0.1) is 33.3 Å². The van der Waals surface area contributed by atoms with E-state index in [9.17, 15) is 19.7 Å². The molecule has 1 heterocycles. The monoisotopic (exact) mass is 459 g/mol.